The standard InChI is InChI=1S/C27H28Cl2N4O5S/c1-16-13-19(14-17(2)24(16)29)38-11-4-5-21-20-8-7-18(28)15-23(20)32-25(21)27(35)33-39(36,37)12-10-31-26(34)22-6-3-9-30-22/h3,6-9,13-15,30,32H,4-5,10-12H2,1-2H3,(H,31,34)(H,33,35). The van der Waals surface area contributed by atoms with Gasteiger partial charge in [-0.05, 0) is 79.8 Å². The number of rotatable bonds is 11. The molecule has 2 aromatic heterocycles. The molecule has 0 saturated heterocycles. The molecule has 39 heavy (non-hydrogen) atoms. The highest BCUT2D eigenvalue weighted by Crippen LogP contribution is 2.28. The third kappa shape index (κ3) is 7.14. The van der Waals surface area contributed by atoms with Crippen molar-refractivity contribution in [2.45, 2.75) is 26.7 Å². The van der Waals surface area contributed by atoms with Crippen molar-refractivity contribution in [3.8, 4) is 5.75 Å². The van der Waals surface area contributed by atoms with Crippen LogP contribution in [-0.4, -0.2) is 49.1 Å². The molecule has 0 spiro atoms. The van der Waals surface area contributed by atoms with E-state index in [0.29, 0.717) is 52.0 Å². The number of aryl methyl sites for hydroxylation is 3. The van der Waals surface area contributed by atoms with Gasteiger partial charge < -0.3 is 20.0 Å². The second kappa shape index (κ2) is 12.1. The molecular formula is C27H28Cl2N4O5S. The summed E-state index contributed by atoms with van der Waals surface area (Å²) in [5.41, 5.74) is 3.55. The summed E-state index contributed by atoms with van der Waals surface area (Å²) in [5, 5.41) is 4.45. The number of aromatic amines is 2. The van der Waals surface area contributed by atoms with Crippen LogP contribution in [0.15, 0.2) is 48.7 Å². The quantitative estimate of drug-likeness (QED) is 0.184. The molecule has 12 heteroatoms. The van der Waals surface area contributed by atoms with Crippen LogP contribution in [0.5, 0.6) is 5.75 Å². The SMILES string of the molecule is Cc1cc(OCCCc2c(C(=O)NS(=O)(=O)CCNC(=O)c3ccc[nH]3)[nH]c3cc(Cl)ccc23)cc(C)c1Cl. The van der Waals surface area contributed by atoms with Gasteiger partial charge in [0.05, 0.1) is 12.4 Å². The van der Waals surface area contributed by atoms with Crippen LogP contribution in [0.3, 0.4) is 0 Å². The molecule has 0 aliphatic rings. The zero-order chi connectivity index (χ0) is 28.2. The molecule has 0 saturated carbocycles. The number of H-pyrrole nitrogens is 2. The van der Waals surface area contributed by atoms with Crippen molar-refractivity contribution in [2.24, 2.45) is 0 Å². The van der Waals surface area contributed by atoms with Crippen LogP contribution in [0.4, 0.5) is 0 Å². The lowest BCUT2D eigenvalue weighted by atomic mass is 10.1. The van der Waals surface area contributed by atoms with E-state index in [1.54, 1.807) is 36.5 Å². The first-order chi connectivity index (χ1) is 18.5. The maximum Gasteiger partial charge on any atom is 0.281 e. The van der Waals surface area contributed by atoms with Gasteiger partial charge in [0, 0.05) is 33.7 Å². The number of carbonyl (C=O) groups excluding carboxylic acids is 2. The van der Waals surface area contributed by atoms with Crippen molar-refractivity contribution >= 4 is 55.9 Å². The molecule has 4 N–H and O–H groups in total. The Morgan fingerprint density at radius 2 is 1.77 bits per heavy atom. The van der Waals surface area contributed by atoms with Gasteiger partial charge in [0.1, 0.15) is 17.1 Å². The summed E-state index contributed by atoms with van der Waals surface area (Å²) < 4.78 is 33.2. The summed E-state index contributed by atoms with van der Waals surface area (Å²) in [5.74, 6) is -1.01. The number of hydrogen-bond donors (Lipinski definition) is 4. The Hall–Kier alpha value is -3.47. The largest absolute Gasteiger partial charge is 0.494 e. The fraction of sp³-hybridized carbons (Fsp3) is 0.259. The summed E-state index contributed by atoms with van der Waals surface area (Å²) in [6, 6.07) is 12.1. The Labute approximate surface area is 236 Å². The normalized spacial score (nSPS) is 11.5. The van der Waals surface area contributed by atoms with E-state index < -0.39 is 27.6 Å². The molecule has 4 aromatic rings. The van der Waals surface area contributed by atoms with E-state index in [-0.39, 0.29) is 12.2 Å². The molecule has 206 valence electrons. The summed E-state index contributed by atoms with van der Waals surface area (Å²) in [6.07, 6.45) is 2.60. The minimum atomic E-state index is -4.03. The first-order valence-electron chi connectivity index (χ1n) is 12.2. The van der Waals surface area contributed by atoms with Crippen molar-refractivity contribution < 1.29 is 22.7 Å². The summed E-state index contributed by atoms with van der Waals surface area (Å²) in [7, 11) is -4.03. The molecule has 0 radical (unpaired) electrons. The van der Waals surface area contributed by atoms with E-state index in [4.69, 9.17) is 27.9 Å². The second-order valence-electron chi connectivity index (χ2n) is 9.08. The lowest BCUT2D eigenvalue weighted by Gasteiger charge is -2.11. The van der Waals surface area contributed by atoms with Crippen molar-refractivity contribution in [1.29, 1.82) is 0 Å². The van der Waals surface area contributed by atoms with Gasteiger partial charge in [0.2, 0.25) is 10.0 Å². The van der Waals surface area contributed by atoms with Crippen molar-refractivity contribution in [2.75, 3.05) is 18.9 Å². The predicted octanol–water partition coefficient (Wildman–Crippen LogP) is 4.92. The topological polar surface area (TPSA) is 133 Å². The van der Waals surface area contributed by atoms with E-state index in [1.807, 2.05) is 26.0 Å². The average molecular weight is 592 g/mol. The third-order valence-electron chi connectivity index (χ3n) is 6.09. The maximum atomic E-state index is 13.1. The third-order valence-corrected chi connectivity index (χ3v) is 8.16. The number of halogens is 2. The van der Waals surface area contributed by atoms with E-state index in [0.717, 1.165) is 16.5 Å². The highest BCUT2D eigenvalue weighted by Gasteiger charge is 2.22. The first-order valence-corrected chi connectivity index (χ1v) is 14.6. The van der Waals surface area contributed by atoms with Crippen LogP contribution in [-0.2, 0) is 16.4 Å². The van der Waals surface area contributed by atoms with Crippen LogP contribution in [0, 0.1) is 13.8 Å². The summed E-state index contributed by atoms with van der Waals surface area (Å²) in [4.78, 5) is 30.9. The Balaban J connectivity index is 1.42. The molecule has 2 aromatic carbocycles. The molecule has 0 fully saturated rings. The van der Waals surface area contributed by atoms with Crippen molar-refractivity contribution in [3.05, 3.63) is 86.8 Å². The highest BCUT2D eigenvalue weighted by atomic mass is 35.5. The number of hydrogen-bond acceptors (Lipinski definition) is 5. The lowest BCUT2D eigenvalue weighted by molar-refractivity contribution is 0.0950. The van der Waals surface area contributed by atoms with Gasteiger partial charge in [-0.15, -0.1) is 0 Å². The maximum absolute atomic E-state index is 13.1. The molecule has 0 bridgehead atoms. The Kier molecular flexibility index (Phi) is 8.89. The molecule has 0 aliphatic carbocycles. The molecule has 0 unspecified atom stereocenters. The first kappa shape index (κ1) is 28.5. The van der Waals surface area contributed by atoms with Gasteiger partial charge in [-0.1, -0.05) is 29.3 Å². The Morgan fingerprint density at radius 3 is 2.46 bits per heavy atom. The van der Waals surface area contributed by atoms with Crippen LogP contribution in [0.25, 0.3) is 10.9 Å². The zero-order valence-electron chi connectivity index (χ0n) is 21.4. The van der Waals surface area contributed by atoms with Gasteiger partial charge >= 0.3 is 0 Å². The molecular weight excluding hydrogens is 563 g/mol. The fourth-order valence-electron chi connectivity index (χ4n) is 4.22. The lowest BCUT2D eigenvalue weighted by Crippen LogP contribution is -2.37. The van der Waals surface area contributed by atoms with Crippen molar-refractivity contribution in [1.82, 2.24) is 20.0 Å². The number of sulfonamides is 1. The molecule has 0 atom stereocenters. The Bertz CT molecular complexity index is 1590. The number of amides is 2. The van der Waals surface area contributed by atoms with Crippen molar-refractivity contribution in [3.63, 3.8) is 0 Å². The molecule has 4 rings (SSSR count). The smallest absolute Gasteiger partial charge is 0.281 e. The number of nitrogens with one attached hydrogen (secondary N) is 4. The average Bonchev–Trinajstić information content (AvgIpc) is 3.53. The second-order valence-corrected chi connectivity index (χ2v) is 11.7. The summed E-state index contributed by atoms with van der Waals surface area (Å²) >= 11 is 12.4. The minimum Gasteiger partial charge on any atom is -0.494 e. The molecule has 0 aliphatic heterocycles. The molecule has 2 amide bonds. The van der Waals surface area contributed by atoms with E-state index >= 15 is 0 Å². The van der Waals surface area contributed by atoms with Crippen LogP contribution in [0.1, 0.15) is 44.1 Å². The number of carbonyl (C=O) groups is 2. The summed E-state index contributed by atoms with van der Waals surface area (Å²) in [6.45, 7) is 4.03. The highest BCUT2D eigenvalue weighted by molar-refractivity contribution is 7.90. The molecule has 9 nitrogen and oxygen atoms in total. The van der Waals surface area contributed by atoms with Crippen LogP contribution in [0.2, 0.25) is 10.0 Å². The van der Waals surface area contributed by atoms with Gasteiger partial charge in [-0.2, -0.15) is 0 Å². The Morgan fingerprint density at radius 1 is 1.03 bits per heavy atom. The number of fused-ring (bicyclic) bond motifs is 1. The van der Waals surface area contributed by atoms with Gasteiger partial charge in [0.25, 0.3) is 11.8 Å². The zero-order valence-corrected chi connectivity index (χ0v) is 23.7. The van der Waals surface area contributed by atoms with Gasteiger partial charge in [-0.3, -0.25) is 9.59 Å². The predicted molar refractivity (Wildman–Crippen MR) is 152 cm³/mol. The van der Waals surface area contributed by atoms with Gasteiger partial charge in [0.15, 0.2) is 0 Å². The fourth-order valence-corrected chi connectivity index (χ4v) is 5.36. The number of ether oxygens (including phenoxy) is 1. The number of benzene rings is 2. The van der Waals surface area contributed by atoms with E-state index in [2.05, 4.69) is 20.0 Å². The molecule has 2 heterocycles. The van der Waals surface area contributed by atoms with E-state index in [1.165, 1.54) is 0 Å². The van der Waals surface area contributed by atoms with Crippen LogP contribution >= 0.6 is 23.2 Å². The minimum absolute atomic E-state index is 0.129. The monoisotopic (exact) mass is 590 g/mol. The van der Waals surface area contributed by atoms with E-state index in [9.17, 15) is 18.0 Å². The van der Waals surface area contributed by atoms with Crippen LogP contribution < -0.4 is 14.8 Å². The number of aromatic nitrogens is 2. The van der Waals surface area contributed by atoms with Gasteiger partial charge in [-0.25, -0.2) is 13.1 Å².